The van der Waals surface area contributed by atoms with Crippen molar-refractivity contribution in [2.75, 3.05) is 32.3 Å². The predicted octanol–water partition coefficient (Wildman–Crippen LogP) is 1.18. The summed E-state index contributed by atoms with van der Waals surface area (Å²) in [5.41, 5.74) is 7.69. The number of aromatic nitrogens is 3. The quantitative estimate of drug-likeness (QED) is 0.853. The smallest absolute Gasteiger partial charge is 0.226 e. The first-order valence-corrected chi connectivity index (χ1v) is 5.58. The third-order valence-electron chi connectivity index (χ3n) is 2.55. The molecule has 0 aromatic carbocycles. The Morgan fingerprint density at radius 1 is 1.16 bits per heavy atom. The first-order valence-electron chi connectivity index (χ1n) is 5.58. The predicted molar refractivity (Wildman–Crippen MR) is 72.3 cm³/mol. The second kappa shape index (κ2) is 5.38. The van der Waals surface area contributed by atoms with Gasteiger partial charge in [0.1, 0.15) is 5.75 Å². The Labute approximate surface area is 110 Å². The normalized spacial score (nSPS) is 10.1. The molecule has 0 radical (unpaired) electrons. The van der Waals surface area contributed by atoms with E-state index in [1.807, 2.05) is 0 Å². The molecule has 0 fully saturated rings. The van der Waals surface area contributed by atoms with Crippen LogP contribution in [0.1, 0.15) is 0 Å². The fourth-order valence-electron chi connectivity index (χ4n) is 1.65. The molecule has 2 aromatic rings. The highest BCUT2D eigenvalue weighted by Crippen LogP contribution is 2.34. The van der Waals surface area contributed by atoms with Crippen molar-refractivity contribution in [3.05, 3.63) is 18.5 Å². The van der Waals surface area contributed by atoms with Gasteiger partial charge in [0.15, 0.2) is 0 Å². The van der Waals surface area contributed by atoms with Crippen molar-refractivity contribution < 1.29 is 9.47 Å². The Kier molecular flexibility index (Phi) is 3.65. The molecule has 19 heavy (non-hydrogen) atoms. The second-order valence-corrected chi connectivity index (χ2v) is 3.68. The van der Waals surface area contributed by atoms with Gasteiger partial charge in [-0.1, -0.05) is 0 Å². The van der Waals surface area contributed by atoms with Crippen LogP contribution in [-0.2, 0) is 0 Å². The molecule has 0 atom stereocenters. The number of methoxy groups -OCH3 is 2. The van der Waals surface area contributed by atoms with Crippen LogP contribution in [0.15, 0.2) is 18.5 Å². The maximum Gasteiger partial charge on any atom is 0.226 e. The Bertz CT molecular complexity index is 566. The number of rotatable bonds is 4. The minimum atomic E-state index is 0.438. The van der Waals surface area contributed by atoms with Crippen LogP contribution in [0.5, 0.6) is 11.6 Å². The number of anilines is 2. The van der Waals surface area contributed by atoms with Gasteiger partial charge in [0.25, 0.3) is 0 Å². The van der Waals surface area contributed by atoms with Crippen molar-refractivity contribution in [2.24, 2.45) is 0 Å². The summed E-state index contributed by atoms with van der Waals surface area (Å²) in [6.07, 6.45) is 3.13. The first kappa shape index (κ1) is 12.9. The molecule has 2 aromatic heterocycles. The fourth-order valence-corrected chi connectivity index (χ4v) is 1.65. The molecule has 0 saturated heterocycles. The number of nitrogens with one attached hydrogen (secondary N) is 1. The number of pyridine rings is 1. The van der Waals surface area contributed by atoms with Gasteiger partial charge >= 0.3 is 0 Å². The molecule has 0 saturated carbocycles. The molecular formula is C12H15N5O2. The molecule has 0 spiro atoms. The summed E-state index contributed by atoms with van der Waals surface area (Å²) in [6, 6.07) is 1.69. The van der Waals surface area contributed by atoms with Crippen molar-refractivity contribution in [2.45, 2.75) is 0 Å². The SMILES string of the molecule is CNc1nc(OC)cc(-c2c(N)cncc2OC)n1. The van der Waals surface area contributed by atoms with Crippen LogP contribution in [-0.4, -0.2) is 36.2 Å². The number of hydrogen-bond donors (Lipinski definition) is 2. The zero-order valence-corrected chi connectivity index (χ0v) is 11.0. The minimum absolute atomic E-state index is 0.438. The molecule has 0 bridgehead atoms. The summed E-state index contributed by atoms with van der Waals surface area (Å²) < 4.78 is 10.4. The maximum absolute atomic E-state index is 5.95. The minimum Gasteiger partial charge on any atom is -0.494 e. The Morgan fingerprint density at radius 2 is 1.95 bits per heavy atom. The monoisotopic (exact) mass is 261 g/mol. The molecule has 0 amide bonds. The molecule has 0 aliphatic carbocycles. The van der Waals surface area contributed by atoms with E-state index in [0.29, 0.717) is 34.5 Å². The van der Waals surface area contributed by atoms with Gasteiger partial charge in [0, 0.05) is 13.1 Å². The highest BCUT2D eigenvalue weighted by molar-refractivity contribution is 5.79. The van der Waals surface area contributed by atoms with Gasteiger partial charge in [-0.25, -0.2) is 4.98 Å². The van der Waals surface area contributed by atoms with E-state index in [9.17, 15) is 0 Å². The fraction of sp³-hybridized carbons (Fsp3) is 0.250. The van der Waals surface area contributed by atoms with E-state index in [4.69, 9.17) is 15.2 Å². The van der Waals surface area contributed by atoms with E-state index in [1.165, 1.54) is 0 Å². The van der Waals surface area contributed by atoms with Crippen LogP contribution in [0.2, 0.25) is 0 Å². The van der Waals surface area contributed by atoms with Gasteiger partial charge in [0.2, 0.25) is 11.8 Å². The van der Waals surface area contributed by atoms with Crippen LogP contribution in [0.3, 0.4) is 0 Å². The molecule has 2 heterocycles. The molecule has 2 rings (SSSR count). The summed E-state index contributed by atoms with van der Waals surface area (Å²) in [6.45, 7) is 0. The largest absolute Gasteiger partial charge is 0.494 e. The molecule has 0 unspecified atom stereocenters. The number of nitrogens with zero attached hydrogens (tertiary/aromatic N) is 3. The molecule has 100 valence electrons. The van der Waals surface area contributed by atoms with Crippen LogP contribution >= 0.6 is 0 Å². The van der Waals surface area contributed by atoms with Crippen molar-refractivity contribution in [1.29, 1.82) is 0 Å². The number of hydrogen-bond acceptors (Lipinski definition) is 7. The summed E-state index contributed by atoms with van der Waals surface area (Å²) in [5, 5.41) is 2.87. The van der Waals surface area contributed by atoms with Crippen molar-refractivity contribution in [3.8, 4) is 22.9 Å². The van der Waals surface area contributed by atoms with Gasteiger partial charge in [0.05, 0.1) is 43.6 Å². The average Bonchev–Trinajstić information content (AvgIpc) is 2.46. The van der Waals surface area contributed by atoms with Crippen LogP contribution in [0.4, 0.5) is 11.6 Å². The van der Waals surface area contributed by atoms with Crippen LogP contribution in [0, 0.1) is 0 Å². The molecule has 3 N–H and O–H groups in total. The number of ether oxygens (including phenoxy) is 2. The second-order valence-electron chi connectivity index (χ2n) is 3.68. The lowest BCUT2D eigenvalue weighted by Crippen LogP contribution is -2.02. The van der Waals surface area contributed by atoms with Crippen molar-refractivity contribution in [1.82, 2.24) is 15.0 Å². The van der Waals surface area contributed by atoms with E-state index in [-0.39, 0.29) is 0 Å². The van der Waals surface area contributed by atoms with Crippen LogP contribution < -0.4 is 20.5 Å². The third kappa shape index (κ3) is 2.49. The molecule has 7 nitrogen and oxygen atoms in total. The van der Waals surface area contributed by atoms with Crippen LogP contribution in [0.25, 0.3) is 11.3 Å². The molecule has 0 aliphatic rings. The highest BCUT2D eigenvalue weighted by atomic mass is 16.5. The van der Waals surface area contributed by atoms with E-state index in [2.05, 4.69) is 20.3 Å². The van der Waals surface area contributed by atoms with Gasteiger partial charge in [-0.2, -0.15) is 4.98 Å². The Morgan fingerprint density at radius 3 is 2.58 bits per heavy atom. The van der Waals surface area contributed by atoms with E-state index in [0.717, 1.165) is 0 Å². The highest BCUT2D eigenvalue weighted by Gasteiger charge is 2.14. The Balaban J connectivity index is 2.64. The van der Waals surface area contributed by atoms with E-state index < -0.39 is 0 Å². The summed E-state index contributed by atoms with van der Waals surface area (Å²) in [4.78, 5) is 12.5. The molecule has 0 aliphatic heterocycles. The van der Waals surface area contributed by atoms with Gasteiger partial charge in [-0.05, 0) is 0 Å². The Hall–Kier alpha value is -2.57. The third-order valence-corrected chi connectivity index (χ3v) is 2.55. The van der Waals surface area contributed by atoms with Crippen molar-refractivity contribution in [3.63, 3.8) is 0 Å². The molecular weight excluding hydrogens is 246 g/mol. The van der Waals surface area contributed by atoms with Crippen molar-refractivity contribution >= 4 is 11.6 Å². The number of nitrogen functional groups attached to an aromatic ring is 1. The topological polar surface area (TPSA) is 95.2 Å². The lowest BCUT2D eigenvalue weighted by Gasteiger charge is -2.11. The summed E-state index contributed by atoms with van der Waals surface area (Å²) >= 11 is 0. The molecule has 7 heteroatoms. The summed E-state index contributed by atoms with van der Waals surface area (Å²) in [5.74, 6) is 1.42. The maximum atomic E-state index is 5.95. The average molecular weight is 261 g/mol. The first-order chi connectivity index (χ1) is 9.19. The van der Waals surface area contributed by atoms with Gasteiger partial charge in [-0.3, -0.25) is 4.98 Å². The van der Waals surface area contributed by atoms with Gasteiger partial charge < -0.3 is 20.5 Å². The number of nitrogens with two attached hydrogens (primary N) is 1. The lowest BCUT2D eigenvalue weighted by molar-refractivity contribution is 0.397. The standard InChI is InChI=1S/C12H15N5O2/c1-14-12-16-8(4-10(17-12)19-3)11-7(13)5-15-6-9(11)18-2/h4-6H,13H2,1-3H3,(H,14,16,17). The van der Waals surface area contributed by atoms with E-state index in [1.54, 1.807) is 39.7 Å². The van der Waals surface area contributed by atoms with E-state index >= 15 is 0 Å². The zero-order chi connectivity index (χ0) is 13.8. The van der Waals surface area contributed by atoms with Gasteiger partial charge in [-0.15, -0.1) is 0 Å². The lowest BCUT2D eigenvalue weighted by atomic mass is 10.1. The summed E-state index contributed by atoms with van der Waals surface area (Å²) in [7, 11) is 4.82. The zero-order valence-electron chi connectivity index (χ0n) is 11.0.